The zero-order valence-electron chi connectivity index (χ0n) is 14.2. The standard InChI is InChI=1S/C19H18ClN3O2S/c1-13-18(23-26-22-13)12-25-17-7-5-15(6-8-17)19(24)21-10-9-14-3-2-4-16(20)11-14/h2-8,11H,9-10,12H2,1H3,(H,21,24). The molecule has 0 radical (unpaired) electrons. The maximum Gasteiger partial charge on any atom is 0.251 e. The fraction of sp³-hybridized carbons (Fsp3) is 0.211. The molecular weight excluding hydrogens is 370 g/mol. The maximum absolute atomic E-state index is 12.2. The minimum atomic E-state index is -0.113. The number of carbonyl (C=O) groups is 1. The van der Waals surface area contributed by atoms with Crippen LogP contribution < -0.4 is 10.1 Å². The molecule has 0 aliphatic rings. The van der Waals surface area contributed by atoms with E-state index in [1.807, 2.05) is 31.2 Å². The van der Waals surface area contributed by atoms with Crippen molar-refractivity contribution < 1.29 is 9.53 Å². The zero-order valence-corrected chi connectivity index (χ0v) is 15.8. The van der Waals surface area contributed by atoms with Crippen LogP contribution in [0.2, 0.25) is 5.02 Å². The molecule has 1 heterocycles. The van der Waals surface area contributed by atoms with Gasteiger partial charge in [0.15, 0.2) is 0 Å². The molecular formula is C19H18ClN3O2S. The summed E-state index contributed by atoms with van der Waals surface area (Å²) in [5, 5.41) is 3.61. The van der Waals surface area contributed by atoms with Crippen molar-refractivity contribution in [2.45, 2.75) is 20.0 Å². The monoisotopic (exact) mass is 387 g/mol. The molecule has 0 unspecified atom stereocenters. The van der Waals surface area contributed by atoms with Gasteiger partial charge in [-0.1, -0.05) is 23.7 Å². The Morgan fingerprint density at radius 3 is 2.69 bits per heavy atom. The van der Waals surface area contributed by atoms with Crippen molar-refractivity contribution in [1.29, 1.82) is 0 Å². The number of halogens is 1. The van der Waals surface area contributed by atoms with E-state index in [9.17, 15) is 4.79 Å². The minimum absolute atomic E-state index is 0.113. The molecule has 0 spiro atoms. The SMILES string of the molecule is Cc1nsnc1COc1ccc(C(=O)NCCc2cccc(Cl)c2)cc1. The molecule has 3 rings (SSSR count). The third kappa shape index (κ3) is 5.03. The van der Waals surface area contributed by atoms with Crippen molar-refractivity contribution in [2.24, 2.45) is 0 Å². The van der Waals surface area contributed by atoms with E-state index in [1.165, 1.54) is 11.7 Å². The Balaban J connectivity index is 1.48. The summed E-state index contributed by atoms with van der Waals surface area (Å²) in [6, 6.07) is 14.7. The van der Waals surface area contributed by atoms with Gasteiger partial charge in [-0.15, -0.1) is 0 Å². The molecule has 0 fully saturated rings. The summed E-state index contributed by atoms with van der Waals surface area (Å²) in [6.45, 7) is 2.82. The van der Waals surface area contributed by atoms with E-state index in [0.717, 1.165) is 23.4 Å². The molecule has 0 saturated heterocycles. The molecule has 134 valence electrons. The Morgan fingerprint density at radius 1 is 1.19 bits per heavy atom. The van der Waals surface area contributed by atoms with E-state index in [1.54, 1.807) is 24.3 Å². The molecule has 1 N–H and O–H groups in total. The van der Waals surface area contributed by atoms with Gasteiger partial charge in [0.2, 0.25) is 0 Å². The maximum atomic E-state index is 12.2. The van der Waals surface area contributed by atoms with Crippen LogP contribution in [0.25, 0.3) is 0 Å². The van der Waals surface area contributed by atoms with E-state index in [0.29, 0.717) is 29.5 Å². The zero-order chi connectivity index (χ0) is 18.4. The molecule has 1 aromatic heterocycles. The van der Waals surface area contributed by atoms with E-state index in [2.05, 4.69) is 14.1 Å². The highest BCUT2D eigenvalue weighted by molar-refractivity contribution is 6.99. The van der Waals surface area contributed by atoms with Gasteiger partial charge < -0.3 is 10.1 Å². The van der Waals surface area contributed by atoms with E-state index in [-0.39, 0.29) is 5.91 Å². The van der Waals surface area contributed by atoms with Crippen molar-refractivity contribution in [3.05, 3.63) is 76.1 Å². The number of hydrogen-bond donors (Lipinski definition) is 1. The first-order valence-corrected chi connectivity index (χ1v) is 9.26. The lowest BCUT2D eigenvalue weighted by Crippen LogP contribution is -2.25. The Labute approximate surface area is 161 Å². The summed E-state index contributed by atoms with van der Waals surface area (Å²) in [6.07, 6.45) is 0.731. The van der Waals surface area contributed by atoms with E-state index < -0.39 is 0 Å². The van der Waals surface area contributed by atoms with Gasteiger partial charge in [0.25, 0.3) is 5.91 Å². The second-order valence-corrected chi connectivity index (χ2v) is 6.71. The van der Waals surface area contributed by atoms with Crippen LogP contribution in [0.3, 0.4) is 0 Å². The van der Waals surface area contributed by atoms with Gasteiger partial charge in [0, 0.05) is 17.1 Å². The van der Waals surface area contributed by atoms with Crippen molar-refractivity contribution in [1.82, 2.24) is 14.1 Å². The molecule has 0 bridgehead atoms. The largest absolute Gasteiger partial charge is 0.487 e. The lowest BCUT2D eigenvalue weighted by atomic mass is 10.1. The van der Waals surface area contributed by atoms with Crippen LogP contribution in [0.1, 0.15) is 27.3 Å². The normalized spacial score (nSPS) is 10.5. The molecule has 0 aliphatic heterocycles. The quantitative estimate of drug-likeness (QED) is 0.664. The number of benzene rings is 2. The fourth-order valence-corrected chi connectivity index (χ4v) is 3.11. The summed E-state index contributed by atoms with van der Waals surface area (Å²) in [5.41, 5.74) is 3.40. The topological polar surface area (TPSA) is 64.1 Å². The predicted molar refractivity (Wildman–Crippen MR) is 103 cm³/mol. The smallest absolute Gasteiger partial charge is 0.251 e. The highest BCUT2D eigenvalue weighted by atomic mass is 35.5. The van der Waals surface area contributed by atoms with Crippen LogP contribution in [-0.4, -0.2) is 21.2 Å². The van der Waals surface area contributed by atoms with Crippen molar-refractivity contribution in [3.8, 4) is 5.75 Å². The third-order valence-electron chi connectivity index (χ3n) is 3.83. The van der Waals surface area contributed by atoms with Gasteiger partial charge in [-0.25, -0.2) is 0 Å². The van der Waals surface area contributed by atoms with Gasteiger partial charge in [-0.3, -0.25) is 4.79 Å². The Hall–Kier alpha value is -2.44. The van der Waals surface area contributed by atoms with Gasteiger partial charge in [0.1, 0.15) is 18.1 Å². The number of rotatable bonds is 7. The van der Waals surface area contributed by atoms with Crippen LogP contribution >= 0.6 is 23.3 Å². The number of aromatic nitrogens is 2. The minimum Gasteiger partial charge on any atom is -0.487 e. The molecule has 5 nitrogen and oxygen atoms in total. The summed E-state index contributed by atoms with van der Waals surface area (Å²) in [5.74, 6) is 0.575. The number of nitrogens with one attached hydrogen (secondary N) is 1. The van der Waals surface area contributed by atoms with Gasteiger partial charge in [-0.05, 0) is 55.3 Å². The van der Waals surface area contributed by atoms with Crippen molar-refractivity contribution in [3.63, 3.8) is 0 Å². The van der Waals surface area contributed by atoms with Gasteiger partial charge in [-0.2, -0.15) is 8.75 Å². The molecule has 1 amide bonds. The molecule has 0 aliphatic carbocycles. The Kier molecular flexibility index (Phi) is 6.20. The first-order valence-electron chi connectivity index (χ1n) is 8.15. The third-order valence-corrected chi connectivity index (χ3v) is 4.72. The molecule has 0 atom stereocenters. The highest BCUT2D eigenvalue weighted by Crippen LogP contribution is 2.15. The average molecular weight is 388 g/mol. The summed E-state index contributed by atoms with van der Waals surface area (Å²) >= 11 is 7.13. The molecule has 2 aromatic carbocycles. The number of aryl methyl sites for hydroxylation is 1. The number of hydrogen-bond acceptors (Lipinski definition) is 5. The number of nitrogens with zero attached hydrogens (tertiary/aromatic N) is 2. The average Bonchev–Trinajstić information content (AvgIpc) is 3.05. The van der Waals surface area contributed by atoms with E-state index >= 15 is 0 Å². The highest BCUT2D eigenvalue weighted by Gasteiger charge is 2.07. The Bertz CT molecular complexity index is 881. The molecule has 7 heteroatoms. The van der Waals surface area contributed by atoms with Crippen LogP contribution in [0.5, 0.6) is 5.75 Å². The first-order chi connectivity index (χ1) is 12.6. The van der Waals surface area contributed by atoms with Gasteiger partial charge in [0.05, 0.1) is 17.4 Å². The lowest BCUT2D eigenvalue weighted by molar-refractivity contribution is 0.0954. The summed E-state index contributed by atoms with van der Waals surface area (Å²) in [4.78, 5) is 12.2. The molecule has 3 aromatic rings. The number of carbonyl (C=O) groups excluding carboxylic acids is 1. The van der Waals surface area contributed by atoms with E-state index in [4.69, 9.17) is 16.3 Å². The second kappa shape index (κ2) is 8.78. The van der Waals surface area contributed by atoms with Crippen LogP contribution in [0.4, 0.5) is 0 Å². The summed E-state index contributed by atoms with van der Waals surface area (Å²) < 4.78 is 14.0. The molecule has 26 heavy (non-hydrogen) atoms. The molecule has 0 saturated carbocycles. The Morgan fingerprint density at radius 2 is 2.00 bits per heavy atom. The van der Waals surface area contributed by atoms with Gasteiger partial charge >= 0.3 is 0 Å². The number of ether oxygens (including phenoxy) is 1. The summed E-state index contributed by atoms with van der Waals surface area (Å²) in [7, 11) is 0. The van der Waals surface area contributed by atoms with Crippen molar-refractivity contribution in [2.75, 3.05) is 6.54 Å². The van der Waals surface area contributed by atoms with Crippen LogP contribution in [0.15, 0.2) is 48.5 Å². The lowest BCUT2D eigenvalue weighted by Gasteiger charge is -2.08. The fourth-order valence-electron chi connectivity index (χ4n) is 2.35. The second-order valence-electron chi connectivity index (χ2n) is 5.75. The first kappa shape index (κ1) is 18.4. The van der Waals surface area contributed by atoms with Crippen LogP contribution in [0, 0.1) is 6.92 Å². The van der Waals surface area contributed by atoms with Crippen LogP contribution in [-0.2, 0) is 13.0 Å². The number of amides is 1. The van der Waals surface area contributed by atoms with Crippen molar-refractivity contribution >= 4 is 29.2 Å². The predicted octanol–water partition coefficient (Wildman–Crippen LogP) is 4.05.